The Balaban J connectivity index is 1.42. The lowest BCUT2D eigenvalue weighted by atomic mass is 9.92. The summed E-state index contributed by atoms with van der Waals surface area (Å²) >= 11 is 0. The number of aryl methyl sites for hydroxylation is 1. The SMILES string of the molecule is Cn1ncc2cc(-c3cc4c(-c5ccccc5C#N)cncc4n3CC3CC4CCC(C3)N4)ccc21. The fourth-order valence-corrected chi connectivity index (χ4v) is 6.54. The number of hydrogen-bond donors (Lipinski definition) is 1. The summed E-state index contributed by atoms with van der Waals surface area (Å²) in [7, 11) is 1.98. The maximum absolute atomic E-state index is 9.77. The van der Waals surface area contributed by atoms with Gasteiger partial charge in [0.05, 0.1) is 35.1 Å². The van der Waals surface area contributed by atoms with Gasteiger partial charge in [0, 0.05) is 59.5 Å². The standard InChI is InChI=1S/C30H28N6/c1-35-28-9-6-20(12-22(28)15-33-35)29-13-26-27(25-5-3-2-4-21(25)14-31)16-32-17-30(26)36(29)18-19-10-23-7-8-24(11-19)34-23/h2-6,9,12-13,15-17,19,23-24,34H,7-8,10-11,18H2,1H3. The molecule has 7 rings (SSSR count). The molecule has 3 aromatic heterocycles. The molecule has 2 saturated heterocycles. The average Bonchev–Trinajstić information content (AvgIpc) is 3.58. The van der Waals surface area contributed by atoms with Gasteiger partial charge in [-0.05, 0) is 61.4 Å². The summed E-state index contributed by atoms with van der Waals surface area (Å²) in [5.41, 5.74) is 7.26. The van der Waals surface area contributed by atoms with E-state index < -0.39 is 0 Å². The second-order valence-electron chi connectivity index (χ2n) is 10.4. The fourth-order valence-electron chi connectivity index (χ4n) is 6.54. The van der Waals surface area contributed by atoms with E-state index in [0.717, 1.165) is 39.5 Å². The topological polar surface area (TPSA) is 71.5 Å². The molecule has 36 heavy (non-hydrogen) atoms. The highest BCUT2D eigenvalue weighted by molar-refractivity contribution is 5.99. The molecule has 6 nitrogen and oxygen atoms in total. The minimum atomic E-state index is 0.635. The second-order valence-corrected chi connectivity index (χ2v) is 10.4. The van der Waals surface area contributed by atoms with E-state index in [0.29, 0.717) is 23.6 Å². The van der Waals surface area contributed by atoms with Crippen molar-refractivity contribution in [2.75, 3.05) is 0 Å². The molecule has 0 aliphatic carbocycles. The van der Waals surface area contributed by atoms with Crippen molar-refractivity contribution in [1.29, 1.82) is 5.26 Å². The van der Waals surface area contributed by atoms with Crippen LogP contribution in [0.5, 0.6) is 0 Å². The number of aromatic nitrogens is 4. The van der Waals surface area contributed by atoms with E-state index in [1.54, 1.807) is 0 Å². The molecule has 0 amide bonds. The van der Waals surface area contributed by atoms with Crippen molar-refractivity contribution in [1.82, 2.24) is 24.6 Å². The summed E-state index contributed by atoms with van der Waals surface area (Å²) in [6.45, 7) is 0.976. The molecular weight excluding hydrogens is 444 g/mol. The average molecular weight is 473 g/mol. The van der Waals surface area contributed by atoms with E-state index in [-0.39, 0.29) is 0 Å². The largest absolute Gasteiger partial charge is 0.339 e. The van der Waals surface area contributed by atoms with Gasteiger partial charge in [-0.15, -0.1) is 0 Å². The van der Waals surface area contributed by atoms with Gasteiger partial charge in [-0.1, -0.05) is 24.3 Å². The Morgan fingerprint density at radius 3 is 2.64 bits per heavy atom. The lowest BCUT2D eigenvalue weighted by Gasteiger charge is -2.30. The number of rotatable bonds is 4. The summed E-state index contributed by atoms with van der Waals surface area (Å²) in [4.78, 5) is 4.66. The molecule has 2 aromatic carbocycles. The van der Waals surface area contributed by atoms with Crippen molar-refractivity contribution in [3.05, 3.63) is 72.7 Å². The predicted octanol–water partition coefficient (Wildman–Crippen LogP) is 5.66. The van der Waals surface area contributed by atoms with Gasteiger partial charge in [-0.25, -0.2) is 0 Å². The zero-order chi connectivity index (χ0) is 24.2. The van der Waals surface area contributed by atoms with E-state index in [1.807, 2.05) is 54.6 Å². The van der Waals surface area contributed by atoms with Crippen LogP contribution in [0.3, 0.4) is 0 Å². The number of fused-ring (bicyclic) bond motifs is 4. The molecule has 2 unspecified atom stereocenters. The lowest BCUT2D eigenvalue weighted by molar-refractivity contribution is 0.275. The van der Waals surface area contributed by atoms with E-state index in [1.165, 1.54) is 36.9 Å². The Morgan fingerprint density at radius 1 is 0.972 bits per heavy atom. The molecule has 178 valence electrons. The molecule has 0 spiro atoms. The summed E-state index contributed by atoms with van der Waals surface area (Å²) < 4.78 is 4.40. The first-order chi connectivity index (χ1) is 17.7. The van der Waals surface area contributed by atoms with E-state index >= 15 is 0 Å². The van der Waals surface area contributed by atoms with Crippen LogP contribution in [0.15, 0.2) is 67.1 Å². The van der Waals surface area contributed by atoms with Gasteiger partial charge < -0.3 is 9.88 Å². The Bertz CT molecular complexity index is 1640. The Hall–Kier alpha value is -3.95. The summed E-state index contributed by atoms with van der Waals surface area (Å²) in [6.07, 6.45) is 10.9. The number of pyridine rings is 1. The molecule has 0 radical (unpaired) electrons. The van der Waals surface area contributed by atoms with Crippen molar-refractivity contribution < 1.29 is 0 Å². The monoisotopic (exact) mass is 472 g/mol. The third-order valence-corrected chi connectivity index (χ3v) is 8.22. The summed E-state index contributed by atoms with van der Waals surface area (Å²) in [5.74, 6) is 0.635. The van der Waals surface area contributed by atoms with Crippen molar-refractivity contribution in [2.45, 2.75) is 44.3 Å². The van der Waals surface area contributed by atoms with Gasteiger partial charge in [-0.3, -0.25) is 9.67 Å². The Morgan fingerprint density at radius 2 is 1.81 bits per heavy atom. The first-order valence-corrected chi connectivity index (χ1v) is 12.8. The van der Waals surface area contributed by atoms with Crippen LogP contribution in [0.25, 0.3) is 44.2 Å². The van der Waals surface area contributed by atoms with Gasteiger partial charge >= 0.3 is 0 Å². The Labute approximate surface area is 210 Å². The van der Waals surface area contributed by atoms with Crippen LogP contribution in [-0.4, -0.2) is 31.4 Å². The van der Waals surface area contributed by atoms with Crippen LogP contribution in [0.1, 0.15) is 31.2 Å². The normalized spacial score (nSPS) is 21.3. The maximum Gasteiger partial charge on any atom is 0.0998 e. The van der Waals surface area contributed by atoms with Crippen molar-refractivity contribution in [3.63, 3.8) is 0 Å². The van der Waals surface area contributed by atoms with Crippen LogP contribution in [-0.2, 0) is 13.6 Å². The molecule has 6 heteroatoms. The van der Waals surface area contributed by atoms with Gasteiger partial charge in [0.1, 0.15) is 0 Å². The highest BCUT2D eigenvalue weighted by atomic mass is 15.2. The van der Waals surface area contributed by atoms with Crippen molar-refractivity contribution in [2.24, 2.45) is 13.0 Å². The molecule has 0 saturated carbocycles. The minimum absolute atomic E-state index is 0.635. The summed E-state index contributed by atoms with van der Waals surface area (Å²) in [5, 5.41) is 20.3. The molecule has 5 heterocycles. The molecule has 2 fully saturated rings. The van der Waals surface area contributed by atoms with Crippen LogP contribution in [0.2, 0.25) is 0 Å². The fraction of sp³-hybridized carbons (Fsp3) is 0.300. The molecule has 2 bridgehead atoms. The molecule has 1 N–H and O–H groups in total. The van der Waals surface area contributed by atoms with Crippen LogP contribution in [0.4, 0.5) is 0 Å². The van der Waals surface area contributed by atoms with Crippen LogP contribution >= 0.6 is 0 Å². The Kier molecular flexibility index (Phi) is 4.93. The maximum atomic E-state index is 9.77. The molecular formula is C30H28N6. The van der Waals surface area contributed by atoms with Gasteiger partial charge in [0.25, 0.3) is 0 Å². The van der Waals surface area contributed by atoms with E-state index in [4.69, 9.17) is 0 Å². The minimum Gasteiger partial charge on any atom is -0.339 e. The predicted molar refractivity (Wildman–Crippen MR) is 142 cm³/mol. The van der Waals surface area contributed by atoms with Crippen LogP contribution in [0, 0.1) is 17.2 Å². The zero-order valence-electron chi connectivity index (χ0n) is 20.4. The van der Waals surface area contributed by atoms with Crippen molar-refractivity contribution >= 4 is 21.8 Å². The summed E-state index contributed by atoms with van der Waals surface area (Å²) in [6, 6.07) is 20.4. The highest BCUT2D eigenvalue weighted by Crippen LogP contribution is 2.39. The first kappa shape index (κ1) is 21.3. The zero-order valence-corrected chi connectivity index (χ0v) is 20.4. The number of nitrogens with one attached hydrogen (secondary N) is 1. The van der Waals surface area contributed by atoms with E-state index in [2.05, 4.69) is 50.3 Å². The molecule has 2 aliphatic rings. The second kappa shape index (κ2) is 8.32. The number of nitrogens with zero attached hydrogens (tertiary/aromatic N) is 5. The smallest absolute Gasteiger partial charge is 0.0998 e. The number of nitriles is 1. The third-order valence-electron chi connectivity index (χ3n) is 8.22. The van der Waals surface area contributed by atoms with Gasteiger partial charge in [0.2, 0.25) is 0 Å². The lowest BCUT2D eigenvalue weighted by Crippen LogP contribution is -2.39. The first-order valence-electron chi connectivity index (χ1n) is 12.8. The van der Waals surface area contributed by atoms with Crippen LogP contribution < -0.4 is 5.32 Å². The molecule has 2 atom stereocenters. The quantitative estimate of drug-likeness (QED) is 0.366. The van der Waals surface area contributed by atoms with Gasteiger partial charge in [0.15, 0.2) is 0 Å². The molecule has 5 aromatic rings. The van der Waals surface area contributed by atoms with E-state index in [9.17, 15) is 5.26 Å². The number of hydrogen-bond acceptors (Lipinski definition) is 4. The number of piperidine rings is 1. The highest BCUT2D eigenvalue weighted by Gasteiger charge is 2.34. The van der Waals surface area contributed by atoms with Crippen molar-refractivity contribution in [3.8, 4) is 28.5 Å². The van der Waals surface area contributed by atoms with Gasteiger partial charge in [-0.2, -0.15) is 10.4 Å². The molecule has 2 aliphatic heterocycles. The number of benzene rings is 2. The third kappa shape index (κ3) is 3.42.